The highest BCUT2D eigenvalue weighted by atomic mass is 16.4. The maximum absolute atomic E-state index is 12.5. The number of carbonyl (C=O) groups is 2. The number of piperidine rings is 1. The van der Waals surface area contributed by atoms with Crippen LogP contribution in [0.25, 0.3) is 0 Å². The van der Waals surface area contributed by atoms with Gasteiger partial charge in [-0.05, 0) is 31.0 Å². The van der Waals surface area contributed by atoms with Crippen LogP contribution in [-0.2, 0) is 4.79 Å². The molecule has 20 heavy (non-hydrogen) atoms. The summed E-state index contributed by atoms with van der Waals surface area (Å²) in [5.74, 6) is -1.34. The molecule has 1 aliphatic heterocycles. The topological polar surface area (TPSA) is 60.9 Å². The van der Waals surface area contributed by atoms with Crippen molar-refractivity contribution in [3.05, 3.63) is 29.8 Å². The fraction of sp³-hybridized carbons (Fsp3) is 0.467. The lowest BCUT2D eigenvalue weighted by Crippen LogP contribution is -2.42. The summed E-state index contributed by atoms with van der Waals surface area (Å²) in [4.78, 5) is 27.1. The zero-order valence-corrected chi connectivity index (χ0v) is 11.9. The van der Waals surface area contributed by atoms with Gasteiger partial charge in [0.2, 0.25) is 0 Å². The van der Waals surface area contributed by atoms with Crippen LogP contribution in [0.5, 0.6) is 0 Å². The van der Waals surface area contributed by atoms with Crippen LogP contribution in [0.1, 0.15) is 23.2 Å². The molecule has 1 saturated heterocycles. The molecular formula is C15H20N2O3. The van der Waals surface area contributed by atoms with E-state index in [1.165, 1.54) is 0 Å². The van der Waals surface area contributed by atoms with E-state index in [0.717, 1.165) is 12.1 Å². The first-order chi connectivity index (χ1) is 9.49. The summed E-state index contributed by atoms with van der Waals surface area (Å²) < 4.78 is 0. The molecule has 0 aliphatic carbocycles. The quantitative estimate of drug-likeness (QED) is 0.912. The van der Waals surface area contributed by atoms with Crippen LogP contribution in [0.4, 0.5) is 5.69 Å². The Labute approximate surface area is 118 Å². The van der Waals surface area contributed by atoms with E-state index in [1.807, 2.05) is 37.2 Å². The zero-order valence-electron chi connectivity index (χ0n) is 11.9. The van der Waals surface area contributed by atoms with E-state index in [1.54, 1.807) is 11.0 Å². The Bertz CT molecular complexity index is 514. The highest BCUT2D eigenvalue weighted by Gasteiger charge is 2.28. The van der Waals surface area contributed by atoms with E-state index in [4.69, 9.17) is 5.11 Å². The number of carboxylic acids is 1. The minimum atomic E-state index is -0.815. The number of carboxylic acid groups (broad SMARTS) is 1. The predicted molar refractivity (Wildman–Crippen MR) is 77.0 cm³/mol. The number of amides is 1. The van der Waals surface area contributed by atoms with Gasteiger partial charge in [0.05, 0.1) is 5.92 Å². The van der Waals surface area contributed by atoms with Crippen molar-refractivity contribution in [3.8, 4) is 0 Å². The van der Waals surface area contributed by atoms with E-state index in [-0.39, 0.29) is 5.91 Å². The summed E-state index contributed by atoms with van der Waals surface area (Å²) in [5, 5.41) is 9.08. The van der Waals surface area contributed by atoms with Crippen molar-refractivity contribution in [2.45, 2.75) is 12.8 Å². The third-order valence-corrected chi connectivity index (χ3v) is 3.67. The number of likely N-dealkylation sites (tertiary alicyclic amines) is 1. The molecule has 1 aromatic rings. The lowest BCUT2D eigenvalue weighted by atomic mass is 9.97. The molecule has 0 spiro atoms. The van der Waals surface area contributed by atoms with Crippen molar-refractivity contribution < 1.29 is 14.7 Å². The second-order valence-electron chi connectivity index (χ2n) is 5.37. The Morgan fingerprint density at radius 3 is 2.75 bits per heavy atom. The molecule has 0 saturated carbocycles. The Kier molecular flexibility index (Phi) is 4.27. The number of hydrogen-bond donors (Lipinski definition) is 1. The fourth-order valence-corrected chi connectivity index (χ4v) is 2.46. The van der Waals surface area contributed by atoms with Gasteiger partial charge in [-0.3, -0.25) is 9.59 Å². The van der Waals surface area contributed by atoms with Crippen molar-refractivity contribution >= 4 is 17.6 Å². The summed E-state index contributed by atoms with van der Waals surface area (Å²) >= 11 is 0. The lowest BCUT2D eigenvalue weighted by molar-refractivity contribution is -0.143. The van der Waals surface area contributed by atoms with Crippen LogP contribution in [0.3, 0.4) is 0 Å². The van der Waals surface area contributed by atoms with Gasteiger partial charge in [-0.25, -0.2) is 0 Å². The molecule has 2 rings (SSSR count). The number of hydrogen-bond acceptors (Lipinski definition) is 3. The minimum absolute atomic E-state index is 0.0837. The molecule has 0 unspecified atom stereocenters. The minimum Gasteiger partial charge on any atom is -0.481 e. The molecule has 0 aromatic heterocycles. The number of rotatable bonds is 3. The summed E-state index contributed by atoms with van der Waals surface area (Å²) in [7, 11) is 3.84. The standard InChI is InChI=1S/C15H20N2O3/c1-16(2)13-7-3-5-11(9-13)14(18)17-8-4-6-12(10-17)15(19)20/h3,5,7,9,12H,4,6,8,10H2,1-2H3,(H,19,20)/t12-/m0/s1. The molecule has 1 fully saturated rings. The van der Waals surface area contributed by atoms with Crippen LogP contribution >= 0.6 is 0 Å². The van der Waals surface area contributed by atoms with Crippen molar-refractivity contribution in [3.63, 3.8) is 0 Å². The van der Waals surface area contributed by atoms with Gasteiger partial charge < -0.3 is 14.9 Å². The van der Waals surface area contributed by atoms with Crippen LogP contribution < -0.4 is 4.90 Å². The van der Waals surface area contributed by atoms with Gasteiger partial charge in [0, 0.05) is 38.4 Å². The molecule has 0 radical (unpaired) electrons. The first-order valence-electron chi connectivity index (χ1n) is 6.78. The van der Waals surface area contributed by atoms with Crippen LogP contribution in [0, 0.1) is 5.92 Å². The van der Waals surface area contributed by atoms with Crippen molar-refractivity contribution in [1.29, 1.82) is 0 Å². The third kappa shape index (κ3) is 3.10. The third-order valence-electron chi connectivity index (χ3n) is 3.67. The largest absolute Gasteiger partial charge is 0.481 e. The van der Waals surface area contributed by atoms with E-state index in [2.05, 4.69) is 0 Å². The number of anilines is 1. The molecule has 1 amide bonds. The van der Waals surface area contributed by atoms with Gasteiger partial charge in [0.25, 0.3) is 5.91 Å². The average molecular weight is 276 g/mol. The van der Waals surface area contributed by atoms with Gasteiger partial charge in [0.1, 0.15) is 0 Å². The molecule has 1 N–H and O–H groups in total. The van der Waals surface area contributed by atoms with Crippen molar-refractivity contribution in [1.82, 2.24) is 4.90 Å². The van der Waals surface area contributed by atoms with E-state index >= 15 is 0 Å². The van der Waals surface area contributed by atoms with Gasteiger partial charge in [0.15, 0.2) is 0 Å². The number of aliphatic carboxylic acids is 1. The smallest absolute Gasteiger partial charge is 0.308 e. The maximum Gasteiger partial charge on any atom is 0.308 e. The Morgan fingerprint density at radius 1 is 1.35 bits per heavy atom. The van der Waals surface area contributed by atoms with Crippen LogP contribution in [-0.4, -0.2) is 49.1 Å². The molecular weight excluding hydrogens is 256 g/mol. The SMILES string of the molecule is CN(C)c1cccc(C(=O)N2CCC[C@H](C(=O)O)C2)c1. The maximum atomic E-state index is 12.5. The monoisotopic (exact) mass is 276 g/mol. The zero-order chi connectivity index (χ0) is 14.7. The number of nitrogens with zero attached hydrogens (tertiary/aromatic N) is 2. The Hall–Kier alpha value is -2.04. The highest BCUT2D eigenvalue weighted by molar-refractivity contribution is 5.95. The molecule has 108 valence electrons. The van der Waals surface area contributed by atoms with E-state index in [9.17, 15) is 9.59 Å². The van der Waals surface area contributed by atoms with Crippen molar-refractivity contribution in [2.75, 3.05) is 32.1 Å². The second kappa shape index (κ2) is 5.94. The van der Waals surface area contributed by atoms with E-state index in [0.29, 0.717) is 25.1 Å². The number of benzene rings is 1. The summed E-state index contributed by atoms with van der Waals surface area (Å²) in [6.07, 6.45) is 1.40. The highest BCUT2D eigenvalue weighted by Crippen LogP contribution is 2.20. The summed E-state index contributed by atoms with van der Waals surface area (Å²) in [5.41, 5.74) is 1.57. The van der Waals surface area contributed by atoms with Gasteiger partial charge >= 0.3 is 5.97 Å². The van der Waals surface area contributed by atoms with Gasteiger partial charge in [-0.1, -0.05) is 6.07 Å². The summed E-state index contributed by atoms with van der Waals surface area (Å²) in [6, 6.07) is 7.40. The Balaban J connectivity index is 2.14. The first-order valence-corrected chi connectivity index (χ1v) is 6.78. The fourth-order valence-electron chi connectivity index (χ4n) is 2.46. The van der Waals surface area contributed by atoms with Crippen LogP contribution in [0.2, 0.25) is 0 Å². The average Bonchev–Trinajstić information content (AvgIpc) is 2.46. The van der Waals surface area contributed by atoms with Crippen molar-refractivity contribution in [2.24, 2.45) is 5.92 Å². The molecule has 5 nitrogen and oxygen atoms in total. The Morgan fingerprint density at radius 2 is 2.10 bits per heavy atom. The molecule has 1 atom stereocenters. The molecule has 1 aromatic carbocycles. The molecule has 1 aliphatic rings. The lowest BCUT2D eigenvalue weighted by Gasteiger charge is -2.31. The molecule has 5 heteroatoms. The van der Waals surface area contributed by atoms with Crippen LogP contribution in [0.15, 0.2) is 24.3 Å². The van der Waals surface area contributed by atoms with E-state index < -0.39 is 11.9 Å². The predicted octanol–water partition coefficient (Wildman–Crippen LogP) is 1.69. The van der Waals surface area contributed by atoms with Gasteiger partial charge in [-0.2, -0.15) is 0 Å². The van der Waals surface area contributed by atoms with Gasteiger partial charge in [-0.15, -0.1) is 0 Å². The summed E-state index contributed by atoms with van der Waals surface area (Å²) in [6.45, 7) is 0.940. The molecule has 0 bridgehead atoms. The molecule has 1 heterocycles. The first kappa shape index (κ1) is 14.4. The second-order valence-corrected chi connectivity index (χ2v) is 5.37. The normalized spacial score (nSPS) is 18.7. The number of carbonyl (C=O) groups excluding carboxylic acids is 1.